The lowest BCUT2D eigenvalue weighted by Crippen LogP contribution is -2.16. The Hall–Kier alpha value is -8.16. The van der Waals surface area contributed by atoms with Gasteiger partial charge in [-0.2, -0.15) is 0 Å². The van der Waals surface area contributed by atoms with Gasteiger partial charge in [-0.1, -0.05) is 263 Å². The SMILES string of the molecule is CC(C)(C)c1cc(-c2c3nc(c(-c4cc(C(C)(C)C)cc(C(C)(C)C)c4)c4ccc([nH]4)c(-c4cc(C(C)(C)C)cc(C(C)(C)C)c4)c4nc(c(-c5cc(C(C)(C)C)cc(C(C)(C)C)c5)c5ccc2[nH]5)-c2nc(-c5ccc(C=O)cc5)[nH]c2-4)C=C3)cc(C(C)(C)C)c1. The van der Waals surface area contributed by atoms with Crippen LogP contribution in [0.2, 0.25) is 0 Å². The van der Waals surface area contributed by atoms with Crippen LogP contribution in [0.25, 0.3) is 113 Å². The number of carbonyl (C=O) groups is 1. The van der Waals surface area contributed by atoms with Crippen molar-refractivity contribution in [2.75, 3.05) is 0 Å². The molecule has 6 heterocycles. The summed E-state index contributed by atoms with van der Waals surface area (Å²) < 4.78 is 0. The minimum Gasteiger partial charge on any atom is -0.354 e. The van der Waals surface area contributed by atoms with Gasteiger partial charge in [0, 0.05) is 55.4 Å². The zero-order chi connectivity index (χ0) is 66.2. The van der Waals surface area contributed by atoms with Crippen LogP contribution in [0.15, 0.2) is 121 Å². The summed E-state index contributed by atoms with van der Waals surface area (Å²) in [6, 6.07) is 45.5. The van der Waals surface area contributed by atoms with Gasteiger partial charge in [-0.05, 0) is 146 Å². The molecule has 3 N–H and O–H groups in total. The summed E-state index contributed by atoms with van der Waals surface area (Å²) in [6.45, 7) is 55.4. The molecule has 0 fully saturated rings. The Bertz CT molecular complexity index is 4190. The standard InChI is InChI=1S/C84H98N6O/c1-77(2,3)54-35-50(36-55(43-54)78(4,5)6)68-62-29-30-63(85-62)69(51-37-56(79(7,8)9)44-57(38-51)80(10,11)12)65-32-34-67(87-65)71(53-41-60(83(19,20)21)46-61(42-53)84(22,23)24)73-75-74(89-76(90-75)49-27-25-48(47-91)26-28-49)72(88-73)70(66-33-31-64(68)86-66)52-39-58(81(13,14)15)45-59(40-52)82(16,17)18/h25-47,86-87H,1-24H3,(H,89,90). The Kier molecular flexibility index (Phi) is 15.6. The molecular formula is C84H98N6O. The molecule has 11 rings (SSSR count). The third-order valence-electron chi connectivity index (χ3n) is 18.6. The molecule has 0 spiro atoms. The number of aldehydes is 1. The topological polar surface area (TPSA) is 103 Å². The van der Waals surface area contributed by atoms with Crippen molar-refractivity contribution in [3.8, 4) is 78.7 Å². The molecule has 0 aliphatic carbocycles. The first kappa shape index (κ1) is 64.4. The highest BCUT2D eigenvalue weighted by molar-refractivity contribution is 6.04. The largest absolute Gasteiger partial charge is 0.354 e. The van der Waals surface area contributed by atoms with Gasteiger partial charge >= 0.3 is 0 Å². The highest BCUT2D eigenvalue weighted by Crippen LogP contribution is 2.50. The Morgan fingerprint density at radius 3 is 0.868 bits per heavy atom. The molecule has 2 aliphatic heterocycles. The number of nitrogens with zero attached hydrogens (tertiary/aromatic N) is 3. The Morgan fingerprint density at radius 1 is 0.286 bits per heavy atom. The van der Waals surface area contributed by atoms with E-state index in [1.807, 2.05) is 24.3 Å². The van der Waals surface area contributed by atoms with Gasteiger partial charge in [0.15, 0.2) is 0 Å². The smallest absolute Gasteiger partial charge is 0.150 e. The molecule has 470 valence electrons. The number of H-pyrrole nitrogens is 3. The molecule has 8 bridgehead atoms. The lowest BCUT2D eigenvalue weighted by molar-refractivity contribution is 0.112. The van der Waals surface area contributed by atoms with Gasteiger partial charge in [-0.25, -0.2) is 15.0 Å². The third-order valence-corrected chi connectivity index (χ3v) is 18.6. The number of imidazole rings is 1. The zero-order valence-electron chi connectivity index (χ0n) is 59.0. The first-order chi connectivity index (χ1) is 42.0. The predicted octanol–water partition coefficient (Wildman–Crippen LogP) is 23.1. The maximum Gasteiger partial charge on any atom is 0.150 e. The molecule has 0 amide bonds. The fourth-order valence-electron chi connectivity index (χ4n) is 12.4. The van der Waals surface area contributed by atoms with Gasteiger partial charge < -0.3 is 15.0 Å². The Morgan fingerprint density at radius 2 is 0.571 bits per heavy atom. The molecule has 0 radical (unpaired) electrons. The maximum atomic E-state index is 12.1. The number of benzene rings is 5. The van der Waals surface area contributed by atoms with E-state index in [-0.39, 0.29) is 43.3 Å². The van der Waals surface area contributed by atoms with Gasteiger partial charge in [-0.15, -0.1) is 0 Å². The number of carbonyl (C=O) groups excluding carboxylic acids is 1. The average Bonchev–Trinajstić information content (AvgIpc) is 1.58. The quantitative estimate of drug-likeness (QED) is 0.144. The highest BCUT2D eigenvalue weighted by atomic mass is 16.1. The minimum absolute atomic E-state index is 0.149. The van der Waals surface area contributed by atoms with E-state index >= 15 is 0 Å². The van der Waals surface area contributed by atoms with Gasteiger partial charge in [0.25, 0.3) is 0 Å². The van der Waals surface area contributed by atoms with Crippen molar-refractivity contribution in [2.45, 2.75) is 209 Å². The number of aromatic nitrogens is 6. The molecule has 4 aromatic heterocycles. The summed E-state index contributed by atoms with van der Waals surface area (Å²) in [4.78, 5) is 42.2. The van der Waals surface area contributed by atoms with Crippen LogP contribution in [0.1, 0.15) is 232 Å². The van der Waals surface area contributed by atoms with Crippen molar-refractivity contribution in [3.05, 3.63) is 183 Å². The fourth-order valence-corrected chi connectivity index (χ4v) is 12.4. The van der Waals surface area contributed by atoms with Crippen LogP contribution >= 0.6 is 0 Å². The van der Waals surface area contributed by atoms with Crippen molar-refractivity contribution < 1.29 is 4.79 Å². The van der Waals surface area contributed by atoms with Crippen LogP contribution in [-0.4, -0.2) is 36.2 Å². The molecule has 9 aromatic rings. The van der Waals surface area contributed by atoms with Crippen LogP contribution in [0, 0.1) is 0 Å². The number of aromatic amines is 3. The van der Waals surface area contributed by atoms with Gasteiger partial charge in [-0.3, -0.25) is 4.79 Å². The van der Waals surface area contributed by atoms with E-state index in [1.165, 1.54) is 44.5 Å². The summed E-state index contributed by atoms with van der Waals surface area (Å²) in [5, 5.41) is 0. The number of fused-ring (bicyclic) bond motifs is 11. The molecular weight excluding hydrogens is 1110 g/mol. The molecule has 0 atom stereocenters. The lowest BCUT2D eigenvalue weighted by Gasteiger charge is -2.26. The molecule has 0 saturated heterocycles. The van der Waals surface area contributed by atoms with E-state index in [2.05, 4.69) is 290 Å². The van der Waals surface area contributed by atoms with E-state index in [1.54, 1.807) is 0 Å². The molecule has 91 heavy (non-hydrogen) atoms. The average molecular weight is 1210 g/mol. The summed E-state index contributed by atoms with van der Waals surface area (Å²) in [5.41, 5.74) is 26.7. The predicted molar refractivity (Wildman–Crippen MR) is 389 cm³/mol. The van der Waals surface area contributed by atoms with Gasteiger partial charge in [0.05, 0.1) is 22.8 Å². The lowest BCUT2D eigenvalue weighted by atomic mass is 9.78. The van der Waals surface area contributed by atoms with E-state index in [4.69, 9.17) is 15.0 Å². The van der Waals surface area contributed by atoms with Gasteiger partial charge in [0.1, 0.15) is 23.5 Å². The molecule has 7 nitrogen and oxygen atoms in total. The Labute approximate surface area is 543 Å². The van der Waals surface area contributed by atoms with E-state index in [0.717, 1.165) is 113 Å². The van der Waals surface area contributed by atoms with Crippen LogP contribution in [0.5, 0.6) is 0 Å². The number of hydrogen-bond donors (Lipinski definition) is 3. The fraction of sp³-hybridized carbons (Fsp3) is 0.381. The van der Waals surface area contributed by atoms with Gasteiger partial charge in [0.2, 0.25) is 0 Å². The van der Waals surface area contributed by atoms with Crippen LogP contribution in [0.3, 0.4) is 0 Å². The second-order valence-corrected chi connectivity index (χ2v) is 34.3. The van der Waals surface area contributed by atoms with E-state index < -0.39 is 0 Å². The van der Waals surface area contributed by atoms with Crippen molar-refractivity contribution in [3.63, 3.8) is 0 Å². The van der Waals surface area contributed by atoms with Crippen molar-refractivity contribution >= 4 is 40.5 Å². The molecule has 0 saturated carbocycles. The summed E-state index contributed by atoms with van der Waals surface area (Å²) in [7, 11) is 0. The molecule has 5 aromatic carbocycles. The maximum absolute atomic E-state index is 12.1. The summed E-state index contributed by atoms with van der Waals surface area (Å²) in [6.07, 6.45) is 5.37. The molecule has 7 heteroatoms. The number of hydrogen-bond acceptors (Lipinski definition) is 4. The van der Waals surface area contributed by atoms with E-state index in [9.17, 15) is 4.79 Å². The minimum atomic E-state index is -0.193. The normalized spacial score (nSPS) is 13.5. The first-order valence-electron chi connectivity index (χ1n) is 32.8. The van der Waals surface area contributed by atoms with Crippen LogP contribution in [0.4, 0.5) is 0 Å². The second kappa shape index (κ2) is 22.0. The summed E-state index contributed by atoms with van der Waals surface area (Å²) in [5.74, 6) is 0.683. The van der Waals surface area contributed by atoms with E-state index in [0.29, 0.717) is 11.4 Å². The van der Waals surface area contributed by atoms with Crippen molar-refractivity contribution in [1.82, 2.24) is 29.9 Å². The monoisotopic (exact) mass is 1210 g/mol. The second-order valence-electron chi connectivity index (χ2n) is 34.3. The van der Waals surface area contributed by atoms with Crippen molar-refractivity contribution in [2.24, 2.45) is 0 Å². The Balaban J connectivity index is 1.45. The summed E-state index contributed by atoms with van der Waals surface area (Å²) >= 11 is 0. The third kappa shape index (κ3) is 12.7. The van der Waals surface area contributed by atoms with Crippen LogP contribution in [-0.2, 0) is 43.3 Å². The number of nitrogens with one attached hydrogen (secondary N) is 3. The molecule has 0 unspecified atom stereocenters. The first-order valence-corrected chi connectivity index (χ1v) is 32.8. The number of rotatable bonds is 6. The van der Waals surface area contributed by atoms with Crippen molar-refractivity contribution in [1.29, 1.82) is 0 Å². The molecule has 2 aliphatic rings. The zero-order valence-corrected chi connectivity index (χ0v) is 59.0. The highest BCUT2D eigenvalue weighted by Gasteiger charge is 2.34. The van der Waals surface area contributed by atoms with Crippen LogP contribution < -0.4 is 0 Å².